The number of rotatable bonds is 4. The first-order valence-electron chi connectivity index (χ1n) is 8.79. The van der Waals surface area contributed by atoms with E-state index in [1.807, 2.05) is 25.1 Å². The van der Waals surface area contributed by atoms with Crippen LogP contribution in [0.25, 0.3) is 0 Å². The number of aryl methyl sites for hydroxylation is 1. The number of ketones is 1. The largest absolute Gasteiger partial charge is 0.490 e. The topological polar surface area (TPSA) is 80.4 Å². The van der Waals surface area contributed by atoms with E-state index >= 15 is 0 Å². The molecule has 0 saturated carbocycles. The van der Waals surface area contributed by atoms with E-state index in [0.717, 1.165) is 17.7 Å². The molecule has 6 nitrogen and oxygen atoms in total. The van der Waals surface area contributed by atoms with Crippen molar-refractivity contribution in [2.45, 2.75) is 40.2 Å². The van der Waals surface area contributed by atoms with Crippen LogP contribution in [-0.4, -0.2) is 29.9 Å². The molecule has 6 heteroatoms. The molecule has 1 atom stereocenters. The number of nitrogens with one attached hydrogen (secondary N) is 2. The van der Waals surface area contributed by atoms with Gasteiger partial charge in [0.25, 0.3) is 5.91 Å². The minimum atomic E-state index is -0.238. The standard InChI is InChI=1S/C20H24N2O4/c1-11-18(14(4)23)13(3)21-19(11)20(24)22-12(2)15-6-7-16-17(10-15)26-9-5-8-25-16/h6-7,10,12,21H,5,8-9H2,1-4H3,(H,22,24). The molecule has 1 aliphatic rings. The molecule has 138 valence electrons. The second kappa shape index (κ2) is 7.23. The quantitative estimate of drug-likeness (QED) is 0.822. The molecule has 1 unspecified atom stereocenters. The summed E-state index contributed by atoms with van der Waals surface area (Å²) < 4.78 is 11.4. The highest BCUT2D eigenvalue weighted by Crippen LogP contribution is 2.32. The van der Waals surface area contributed by atoms with Gasteiger partial charge in [-0.25, -0.2) is 0 Å². The number of Topliss-reactive ketones (excluding diaryl/α,β-unsaturated/α-hetero) is 1. The van der Waals surface area contributed by atoms with Gasteiger partial charge in [-0.2, -0.15) is 0 Å². The van der Waals surface area contributed by atoms with Crippen LogP contribution in [0.4, 0.5) is 0 Å². The van der Waals surface area contributed by atoms with E-state index in [-0.39, 0.29) is 17.7 Å². The van der Waals surface area contributed by atoms with Gasteiger partial charge in [0.15, 0.2) is 17.3 Å². The predicted molar refractivity (Wildman–Crippen MR) is 98.2 cm³/mol. The molecule has 1 aromatic carbocycles. The molecular formula is C20H24N2O4. The van der Waals surface area contributed by atoms with Crippen LogP contribution in [0, 0.1) is 13.8 Å². The van der Waals surface area contributed by atoms with E-state index in [2.05, 4.69) is 10.3 Å². The van der Waals surface area contributed by atoms with Gasteiger partial charge in [-0.15, -0.1) is 0 Å². The van der Waals surface area contributed by atoms with Crippen molar-refractivity contribution >= 4 is 11.7 Å². The highest BCUT2D eigenvalue weighted by atomic mass is 16.5. The number of carbonyl (C=O) groups excluding carboxylic acids is 2. The van der Waals surface area contributed by atoms with Gasteiger partial charge in [0.1, 0.15) is 5.69 Å². The lowest BCUT2D eigenvalue weighted by Crippen LogP contribution is -2.27. The number of hydrogen-bond acceptors (Lipinski definition) is 4. The Bertz CT molecular complexity index is 854. The maximum absolute atomic E-state index is 12.7. The van der Waals surface area contributed by atoms with Crippen LogP contribution >= 0.6 is 0 Å². The maximum Gasteiger partial charge on any atom is 0.268 e. The van der Waals surface area contributed by atoms with Crippen molar-refractivity contribution < 1.29 is 19.1 Å². The summed E-state index contributed by atoms with van der Waals surface area (Å²) in [6.45, 7) is 8.26. The Morgan fingerprint density at radius 2 is 1.85 bits per heavy atom. The third kappa shape index (κ3) is 3.45. The van der Waals surface area contributed by atoms with E-state index < -0.39 is 0 Å². The van der Waals surface area contributed by atoms with Crippen molar-refractivity contribution in [2.24, 2.45) is 0 Å². The molecule has 0 bridgehead atoms. The minimum Gasteiger partial charge on any atom is -0.490 e. The monoisotopic (exact) mass is 356 g/mol. The summed E-state index contributed by atoms with van der Waals surface area (Å²) in [6.07, 6.45) is 0.847. The van der Waals surface area contributed by atoms with Gasteiger partial charge < -0.3 is 19.8 Å². The Hall–Kier alpha value is -2.76. The lowest BCUT2D eigenvalue weighted by molar-refractivity contribution is 0.0934. The second-order valence-corrected chi connectivity index (χ2v) is 6.63. The SMILES string of the molecule is CC(=O)c1c(C)[nH]c(C(=O)NC(C)c2ccc3c(c2)OCCCO3)c1C. The van der Waals surface area contributed by atoms with Crippen LogP contribution in [-0.2, 0) is 0 Å². The van der Waals surface area contributed by atoms with Crippen molar-refractivity contribution in [1.29, 1.82) is 0 Å². The Kier molecular flexibility index (Phi) is 5.02. The molecule has 0 radical (unpaired) electrons. The van der Waals surface area contributed by atoms with Crippen molar-refractivity contribution in [2.75, 3.05) is 13.2 Å². The number of carbonyl (C=O) groups is 2. The zero-order valence-electron chi connectivity index (χ0n) is 15.6. The third-order valence-electron chi connectivity index (χ3n) is 4.64. The first kappa shape index (κ1) is 18.0. The van der Waals surface area contributed by atoms with E-state index in [9.17, 15) is 9.59 Å². The number of ether oxygens (including phenoxy) is 2. The molecule has 1 aliphatic heterocycles. The van der Waals surface area contributed by atoms with Gasteiger partial charge in [0, 0.05) is 17.7 Å². The fourth-order valence-corrected chi connectivity index (χ4v) is 3.31. The van der Waals surface area contributed by atoms with Gasteiger partial charge in [0.05, 0.1) is 19.3 Å². The summed E-state index contributed by atoms with van der Waals surface area (Å²) in [6, 6.07) is 5.48. The third-order valence-corrected chi connectivity index (χ3v) is 4.64. The molecule has 0 saturated heterocycles. The summed E-state index contributed by atoms with van der Waals surface area (Å²) in [5.74, 6) is 1.14. The molecule has 3 rings (SSSR count). The summed E-state index contributed by atoms with van der Waals surface area (Å²) in [5, 5.41) is 2.98. The smallest absolute Gasteiger partial charge is 0.268 e. The van der Waals surface area contributed by atoms with Crippen molar-refractivity contribution in [3.05, 3.63) is 46.3 Å². The molecule has 0 aliphatic carbocycles. The number of H-pyrrole nitrogens is 1. The first-order chi connectivity index (χ1) is 12.4. The number of fused-ring (bicyclic) bond motifs is 1. The fraction of sp³-hybridized carbons (Fsp3) is 0.400. The van der Waals surface area contributed by atoms with Crippen molar-refractivity contribution in [3.8, 4) is 11.5 Å². The summed E-state index contributed by atoms with van der Waals surface area (Å²) in [4.78, 5) is 27.5. The Morgan fingerprint density at radius 1 is 1.15 bits per heavy atom. The van der Waals surface area contributed by atoms with E-state index in [1.54, 1.807) is 13.8 Å². The second-order valence-electron chi connectivity index (χ2n) is 6.63. The predicted octanol–water partition coefficient (Wildman–Crippen LogP) is 3.49. The van der Waals surface area contributed by atoms with Crippen LogP contribution in [0.15, 0.2) is 18.2 Å². The number of amides is 1. The van der Waals surface area contributed by atoms with Gasteiger partial charge >= 0.3 is 0 Å². The molecule has 2 heterocycles. The van der Waals surface area contributed by atoms with Crippen LogP contribution in [0.2, 0.25) is 0 Å². The highest BCUT2D eigenvalue weighted by molar-refractivity contribution is 6.02. The van der Waals surface area contributed by atoms with Gasteiger partial charge in [0.2, 0.25) is 0 Å². The molecule has 1 amide bonds. The zero-order chi connectivity index (χ0) is 18.8. The molecule has 26 heavy (non-hydrogen) atoms. The van der Waals surface area contributed by atoms with Crippen LogP contribution in [0.1, 0.15) is 64.0 Å². The molecule has 1 aromatic heterocycles. The number of aromatic amines is 1. The zero-order valence-corrected chi connectivity index (χ0v) is 15.6. The average molecular weight is 356 g/mol. The summed E-state index contributed by atoms with van der Waals surface area (Å²) in [5.41, 5.74) is 3.32. The molecule has 2 aromatic rings. The molecule has 0 fully saturated rings. The minimum absolute atomic E-state index is 0.0498. The normalized spacial score (nSPS) is 14.5. The van der Waals surface area contributed by atoms with Crippen LogP contribution in [0.5, 0.6) is 11.5 Å². The lowest BCUT2D eigenvalue weighted by atomic mass is 10.1. The Labute approximate surface area is 152 Å². The highest BCUT2D eigenvalue weighted by Gasteiger charge is 2.22. The van der Waals surface area contributed by atoms with Crippen molar-refractivity contribution in [1.82, 2.24) is 10.3 Å². The van der Waals surface area contributed by atoms with Gasteiger partial charge in [-0.3, -0.25) is 9.59 Å². The summed E-state index contributed by atoms with van der Waals surface area (Å²) in [7, 11) is 0. The summed E-state index contributed by atoms with van der Waals surface area (Å²) >= 11 is 0. The number of benzene rings is 1. The van der Waals surface area contributed by atoms with Gasteiger partial charge in [-0.1, -0.05) is 6.07 Å². The van der Waals surface area contributed by atoms with E-state index in [4.69, 9.17) is 9.47 Å². The van der Waals surface area contributed by atoms with E-state index in [1.165, 1.54) is 6.92 Å². The fourth-order valence-electron chi connectivity index (χ4n) is 3.31. The number of aromatic nitrogens is 1. The number of hydrogen-bond donors (Lipinski definition) is 2. The molecule has 0 spiro atoms. The lowest BCUT2D eigenvalue weighted by Gasteiger charge is -2.16. The first-order valence-corrected chi connectivity index (χ1v) is 8.79. The average Bonchev–Trinajstić information content (AvgIpc) is 2.76. The van der Waals surface area contributed by atoms with Crippen LogP contribution in [0.3, 0.4) is 0 Å². The Morgan fingerprint density at radius 3 is 2.50 bits per heavy atom. The van der Waals surface area contributed by atoms with Crippen LogP contribution < -0.4 is 14.8 Å². The van der Waals surface area contributed by atoms with Crippen molar-refractivity contribution in [3.63, 3.8) is 0 Å². The molecular weight excluding hydrogens is 332 g/mol. The Balaban J connectivity index is 1.79. The molecule has 2 N–H and O–H groups in total. The maximum atomic E-state index is 12.7. The van der Waals surface area contributed by atoms with Gasteiger partial charge in [-0.05, 0) is 51.0 Å². The van der Waals surface area contributed by atoms with E-state index in [0.29, 0.717) is 41.5 Å².